The number of aliphatic hydroxyl groups is 4. The van der Waals surface area contributed by atoms with Crippen LogP contribution in [0.15, 0.2) is 48.6 Å². The van der Waals surface area contributed by atoms with E-state index in [-0.39, 0.29) is 49.8 Å². The summed E-state index contributed by atoms with van der Waals surface area (Å²) in [6.45, 7) is 20.0. The molecule has 0 atom stereocenters. The van der Waals surface area contributed by atoms with Crippen LogP contribution in [0.4, 0.5) is 0 Å². The van der Waals surface area contributed by atoms with Gasteiger partial charge in [-0.25, -0.2) is 19.2 Å². The summed E-state index contributed by atoms with van der Waals surface area (Å²) in [4.78, 5) is 39.3. The van der Waals surface area contributed by atoms with Crippen LogP contribution < -0.4 is 0 Å². The Bertz CT molecular complexity index is 608. The van der Waals surface area contributed by atoms with Gasteiger partial charge in [-0.3, -0.25) is 0 Å². The lowest BCUT2D eigenvalue weighted by molar-refractivity contribution is -0.140. The molecular weight excluding hydrogens is 480 g/mol. The Morgan fingerprint density at radius 2 is 0.889 bits per heavy atom. The average Bonchev–Trinajstić information content (AvgIpc) is 2.80. The normalized spacial score (nSPS) is 8.92. The Kier molecular flexibility index (Phi) is 31.3. The molecule has 0 bridgehead atoms. The number of rotatable bonds is 10. The van der Waals surface area contributed by atoms with Gasteiger partial charge in [-0.15, -0.1) is 0 Å². The van der Waals surface area contributed by atoms with Crippen molar-refractivity contribution in [3.8, 4) is 0 Å². The summed E-state index contributed by atoms with van der Waals surface area (Å²) in [5.74, 6) is -3.26. The quantitative estimate of drug-likeness (QED) is 0.160. The molecule has 0 amide bonds. The first-order chi connectivity index (χ1) is 16.4. The number of esters is 1. The van der Waals surface area contributed by atoms with E-state index >= 15 is 0 Å². The number of hydrogen-bond acceptors (Lipinski definition) is 9. The number of hydrogen-bond donors (Lipinski definition) is 7. The van der Waals surface area contributed by atoms with Gasteiger partial charge in [0.2, 0.25) is 0 Å². The van der Waals surface area contributed by atoms with Gasteiger partial charge in [-0.05, 0) is 34.1 Å². The summed E-state index contributed by atoms with van der Waals surface area (Å²) < 4.78 is 4.46. The monoisotopic (exact) mass is 522 g/mol. The van der Waals surface area contributed by atoms with Crippen molar-refractivity contribution in [1.29, 1.82) is 0 Å². The Labute approximate surface area is 212 Å². The smallest absolute Gasteiger partial charge is 0.333 e. The van der Waals surface area contributed by atoms with Gasteiger partial charge in [-0.1, -0.05) is 33.2 Å². The molecule has 0 aromatic carbocycles. The summed E-state index contributed by atoms with van der Waals surface area (Å²) in [5, 5.41) is 57.8. The van der Waals surface area contributed by atoms with E-state index < -0.39 is 29.3 Å². The molecule has 7 N–H and O–H groups in total. The maximum atomic E-state index is 10.5. The van der Waals surface area contributed by atoms with E-state index in [4.69, 9.17) is 35.7 Å². The molecule has 0 heterocycles. The molecule has 12 heteroatoms. The molecular formula is C24H42O12. The fourth-order valence-corrected chi connectivity index (χ4v) is 0.747. The Hall–Kier alpha value is -3.32. The van der Waals surface area contributed by atoms with Gasteiger partial charge in [0.15, 0.2) is 0 Å². The predicted octanol–water partition coefficient (Wildman–Crippen LogP) is 1.40. The SMILES string of the molecule is C=C(C)C(=O)O.C=C(C)C(=O)O.C=C(C)C(=O)O.C=C(C)C(=O)OCCO.CCC(CO)(CO)CO. The minimum atomic E-state index is -0.935. The van der Waals surface area contributed by atoms with Crippen LogP contribution >= 0.6 is 0 Å². The average molecular weight is 523 g/mol. The molecule has 0 aromatic heterocycles. The highest BCUT2D eigenvalue weighted by Crippen LogP contribution is 2.18. The largest absolute Gasteiger partial charge is 0.478 e. The van der Waals surface area contributed by atoms with E-state index in [1.54, 1.807) is 6.92 Å². The van der Waals surface area contributed by atoms with E-state index in [9.17, 15) is 19.2 Å². The third kappa shape index (κ3) is 32.9. The first kappa shape index (κ1) is 42.8. The summed E-state index contributed by atoms with van der Waals surface area (Å²) in [7, 11) is 0. The van der Waals surface area contributed by atoms with Crippen molar-refractivity contribution in [1.82, 2.24) is 0 Å². The molecule has 0 aliphatic rings. The van der Waals surface area contributed by atoms with Crippen molar-refractivity contribution in [3.05, 3.63) is 48.6 Å². The fraction of sp³-hybridized carbons (Fsp3) is 0.500. The molecule has 12 nitrogen and oxygen atoms in total. The molecule has 0 unspecified atom stereocenters. The lowest BCUT2D eigenvalue weighted by atomic mass is 9.88. The van der Waals surface area contributed by atoms with Crippen LogP contribution in [-0.4, -0.2) is 92.7 Å². The summed E-state index contributed by atoms with van der Waals surface area (Å²) in [6, 6.07) is 0. The second-order valence-corrected chi connectivity index (χ2v) is 7.22. The molecule has 0 fully saturated rings. The lowest BCUT2D eigenvalue weighted by Crippen LogP contribution is -2.32. The number of aliphatic hydroxyl groups excluding tert-OH is 4. The highest BCUT2D eigenvalue weighted by Gasteiger charge is 2.24. The molecule has 0 aliphatic heterocycles. The van der Waals surface area contributed by atoms with Gasteiger partial charge < -0.3 is 40.5 Å². The first-order valence-electron chi connectivity index (χ1n) is 10.3. The molecule has 0 saturated heterocycles. The van der Waals surface area contributed by atoms with Crippen LogP contribution in [0.2, 0.25) is 0 Å². The van der Waals surface area contributed by atoms with Gasteiger partial charge in [0.1, 0.15) is 6.61 Å². The van der Waals surface area contributed by atoms with Gasteiger partial charge in [0, 0.05) is 27.7 Å². The zero-order valence-electron chi connectivity index (χ0n) is 21.7. The van der Waals surface area contributed by atoms with Crippen LogP contribution in [0, 0.1) is 5.41 Å². The third-order valence-electron chi connectivity index (χ3n) is 3.52. The minimum absolute atomic E-state index is 0.0473. The number of carbonyl (C=O) groups is 4. The highest BCUT2D eigenvalue weighted by atomic mass is 16.5. The molecule has 36 heavy (non-hydrogen) atoms. The molecule has 210 valence electrons. The highest BCUT2D eigenvalue weighted by molar-refractivity contribution is 5.87. The third-order valence-corrected chi connectivity index (χ3v) is 3.52. The number of carbonyl (C=O) groups excluding carboxylic acids is 1. The van der Waals surface area contributed by atoms with E-state index in [2.05, 4.69) is 31.1 Å². The topological polar surface area (TPSA) is 219 Å². The van der Waals surface area contributed by atoms with Gasteiger partial charge in [-0.2, -0.15) is 0 Å². The second kappa shape index (κ2) is 26.3. The van der Waals surface area contributed by atoms with Crippen LogP contribution in [-0.2, 0) is 23.9 Å². The van der Waals surface area contributed by atoms with Crippen molar-refractivity contribution in [2.45, 2.75) is 41.0 Å². The van der Waals surface area contributed by atoms with Gasteiger partial charge in [0.25, 0.3) is 0 Å². The molecule has 0 spiro atoms. The number of carboxylic acid groups (broad SMARTS) is 3. The molecule has 0 aliphatic carbocycles. The van der Waals surface area contributed by atoms with Crippen LogP contribution in [0.1, 0.15) is 41.0 Å². The van der Waals surface area contributed by atoms with E-state index in [1.807, 2.05) is 6.92 Å². The maximum Gasteiger partial charge on any atom is 0.333 e. The van der Waals surface area contributed by atoms with E-state index in [0.717, 1.165) is 0 Å². The fourth-order valence-electron chi connectivity index (χ4n) is 0.747. The number of aliphatic carboxylic acids is 3. The zero-order chi connectivity index (χ0) is 30.1. The number of ether oxygens (including phenoxy) is 1. The Morgan fingerprint density at radius 3 is 0.972 bits per heavy atom. The second-order valence-electron chi connectivity index (χ2n) is 7.22. The predicted molar refractivity (Wildman–Crippen MR) is 134 cm³/mol. The maximum absolute atomic E-state index is 10.5. The van der Waals surface area contributed by atoms with Crippen molar-refractivity contribution < 1.29 is 59.7 Å². The van der Waals surface area contributed by atoms with Gasteiger partial charge >= 0.3 is 23.9 Å². The first-order valence-corrected chi connectivity index (χ1v) is 10.3. The standard InChI is InChI=1S/C6H10O3.C6H14O3.3C4H6O2/c1-5(2)6(8)9-4-3-7;1-2-6(3-7,4-8)5-9;3*1-3(2)4(5)6/h7H,1,3-4H2,2H3;7-9H,2-5H2,1H3;3*1H2,2H3,(H,5,6). The summed E-state index contributed by atoms with van der Waals surface area (Å²) >= 11 is 0. The van der Waals surface area contributed by atoms with E-state index in [0.29, 0.717) is 12.0 Å². The van der Waals surface area contributed by atoms with Crippen LogP contribution in [0.25, 0.3) is 0 Å². The Balaban J connectivity index is -0.000000113. The molecule has 0 aromatic rings. The van der Waals surface area contributed by atoms with Gasteiger partial charge in [0.05, 0.1) is 26.4 Å². The molecule has 0 radical (unpaired) electrons. The van der Waals surface area contributed by atoms with Crippen molar-refractivity contribution in [2.75, 3.05) is 33.0 Å². The summed E-state index contributed by atoms with van der Waals surface area (Å²) in [6.07, 6.45) is 0.594. The van der Waals surface area contributed by atoms with Crippen molar-refractivity contribution in [3.63, 3.8) is 0 Å². The number of carboxylic acids is 3. The molecule has 0 rings (SSSR count). The zero-order valence-corrected chi connectivity index (χ0v) is 21.7. The summed E-state index contributed by atoms with van der Waals surface area (Å²) in [5.41, 5.74) is 0.212. The van der Waals surface area contributed by atoms with E-state index in [1.165, 1.54) is 20.8 Å². The minimum Gasteiger partial charge on any atom is -0.478 e. The van der Waals surface area contributed by atoms with Crippen LogP contribution in [0.3, 0.4) is 0 Å². The lowest BCUT2D eigenvalue weighted by Gasteiger charge is -2.24. The van der Waals surface area contributed by atoms with Crippen LogP contribution in [0.5, 0.6) is 0 Å². The van der Waals surface area contributed by atoms with Crippen molar-refractivity contribution >= 4 is 23.9 Å². The molecule has 0 saturated carbocycles. The van der Waals surface area contributed by atoms with Crippen molar-refractivity contribution in [2.24, 2.45) is 5.41 Å². The Morgan fingerprint density at radius 1 is 0.639 bits per heavy atom.